The number of benzene rings is 2. The van der Waals surface area contributed by atoms with Gasteiger partial charge in [-0.15, -0.1) is 0 Å². The van der Waals surface area contributed by atoms with Crippen molar-refractivity contribution in [2.45, 2.75) is 20.8 Å². The second-order valence-corrected chi connectivity index (χ2v) is 7.11. The van der Waals surface area contributed by atoms with Crippen molar-refractivity contribution in [3.8, 4) is 17.3 Å². The number of carbonyl (C=O) groups excluding carboxylic acids is 3. The molecule has 1 heterocycles. The molecule has 156 valence electrons. The molecule has 8 heteroatoms. The maximum absolute atomic E-state index is 12.8. The Morgan fingerprint density at radius 1 is 1.06 bits per heavy atom. The number of aromatic nitrogens is 1. The number of hydrogen-bond donors (Lipinski definition) is 1. The summed E-state index contributed by atoms with van der Waals surface area (Å²) in [5.74, 6) is -1.92. The van der Waals surface area contributed by atoms with E-state index < -0.39 is 17.8 Å². The number of nitriles is 1. The number of hydrogen-bond acceptors (Lipinski definition) is 6. The lowest BCUT2D eigenvalue weighted by atomic mass is 9.95. The molecule has 2 aromatic carbocycles. The minimum atomic E-state index is -0.955. The van der Waals surface area contributed by atoms with Crippen molar-refractivity contribution >= 4 is 17.8 Å². The molecule has 0 bridgehead atoms. The van der Waals surface area contributed by atoms with Gasteiger partial charge in [-0.05, 0) is 44.0 Å². The van der Waals surface area contributed by atoms with Crippen molar-refractivity contribution in [3.05, 3.63) is 76.0 Å². The Hall–Kier alpha value is -4.25. The van der Waals surface area contributed by atoms with Crippen LogP contribution in [0.2, 0.25) is 0 Å². The summed E-state index contributed by atoms with van der Waals surface area (Å²) in [5.41, 5.74) is 3.92. The van der Waals surface area contributed by atoms with Crippen LogP contribution in [-0.2, 0) is 0 Å². The topological polar surface area (TPSA) is 116 Å². The third-order valence-corrected chi connectivity index (χ3v) is 4.78. The van der Waals surface area contributed by atoms with Gasteiger partial charge in [-0.3, -0.25) is 19.8 Å². The SMILES string of the molecule is Cc1cc(C)c(-c2noc(C(=O)N(C)C(=O)NC(=O)c3ccccc3)c2C#N)c(C)c1. The normalized spacial score (nSPS) is 10.3. The summed E-state index contributed by atoms with van der Waals surface area (Å²) in [6.07, 6.45) is 0. The van der Waals surface area contributed by atoms with E-state index in [2.05, 4.69) is 10.5 Å². The summed E-state index contributed by atoms with van der Waals surface area (Å²) in [7, 11) is 1.18. The van der Waals surface area contributed by atoms with E-state index in [0.29, 0.717) is 10.5 Å². The van der Waals surface area contributed by atoms with Crippen LogP contribution in [0, 0.1) is 32.1 Å². The average molecular weight is 416 g/mol. The van der Waals surface area contributed by atoms with E-state index in [4.69, 9.17) is 4.52 Å². The van der Waals surface area contributed by atoms with Gasteiger partial charge in [-0.2, -0.15) is 5.26 Å². The summed E-state index contributed by atoms with van der Waals surface area (Å²) < 4.78 is 5.18. The Morgan fingerprint density at radius 3 is 2.26 bits per heavy atom. The number of amides is 4. The van der Waals surface area contributed by atoms with Crippen LogP contribution < -0.4 is 5.32 Å². The molecule has 4 amide bonds. The lowest BCUT2D eigenvalue weighted by Crippen LogP contribution is -2.43. The zero-order valence-corrected chi connectivity index (χ0v) is 17.5. The van der Waals surface area contributed by atoms with Gasteiger partial charge >= 0.3 is 11.9 Å². The predicted molar refractivity (Wildman–Crippen MR) is 112 cm³/mol. The van der Waals surface area contributed by atoms with E-state index in [0.717, 1.165) is 16.7 Å². The van der Waals surface area contributed by atoms with Crippen LogP contribution in [-0.4, -0.2) is 34.9 Å². The number of carbonyl (C=O) groups is 3. The lowest BCUT2D eigenvalue weighted by Gasteiger charge is -2.14. The zero-order chi connectivity index (χ0) is 22.7. The second kappa shape index (κ2) is 8.63. The van der Waals surface area contributed by atoms with Crippen LogP contribution in [0.25, 0.3) is 11.3 Å². The van der Waals surface area contributed by atoms with Crippen molar-refractivity contribution in [2.24, 2.45) is 0 Å². The highest BCUT2D eigenvalue weighted by Gasteiger charge is 2.30. The first-order chi connectivity index (χ1) is 14.7. The largest absolute Gasteiger partial charge is 0.349 e. The van der Waals surface area contributed by atoms with Gasteiger partial charge in [0.15, 0.2) is 0 Å². The summed E-state index contributed by atoms with van der Waals surface area (Å²) >= 11 is 0. The van der Waals surface area contributed by atoms with E-state index in [9.17, 15) is 19.6 Å². The number of nitrogens with zero attached hydrogens (tertiary/aromatic N) is 3. The van der Waals surface area contributed by atoms with E-state index in [1.807, 2.05) is 39.0 Å². The molecule has 0 saturated carbocycles. The third kappa shape index (κ3) is 4.21. The summed E-state index contributed by atoms with van der Waals surface area (Å²) in [6.45, 7) is 5.71. The molecule has 0 aliphatic carbocycles. The fourth-order valence-electron chi connectivity index (χ4n) is 3.35. The summed E-state index contributed by atoms with van der Waals surface area (Å²) in [6, 6.07) is 13.0. The number of rotatable bonds is 3. The predicted octanol–water partition coefficient (Wildman–Crippen LogP) is 3.76. The minimum absolute atomic E-state index is 0.0749. The van der Waals surface area contributed by atoms with Gasteiger partial charge in [0.05, 0.1) is 0 Å². The van der Waals surface area contributed by atoms with Crippen LogP contribution in [0.5, 0.6) is 0 Å². The van der Waals surface area contributed by atoms with Crippen LogP contribution in [0.4, 0.5) is 4.79 Å². The van der Waals surface area contributed by atoms with Gasteiger partial charge < -0.3 is 4.52 Å². The first-order valence-electron chi connectivity index (χ1n) is 9.41. The molecule has 1 aromatic heterocycles. The first kappa shape index (κ1) is 21.5. The van der Waals surface area contributed by atoms with Gasteiger partial charge in [0, 0.05) is 18.2 Å². The van der Waals surface area contributed by atoms with Gasteiger partial charge in [0.1, 0.15) is 17.3 Å². The maximum Gasteiger partial charge on any atom is 0.331 e. The highest BCUT2D eigenvalue weighted by molar-refractivity contribution is 6.11. The van der Waals surface area contributed by atoms with E-state index in [-0.39, 0.29) is 22.6 Å². The van der Waals surface area contributed by atoms with Crippen molar-refractivity contribution in [1.82, 2.24) is 15.4 Å². The molecule has 8 nitrogen and oxygen atoms in total. The molecule has 0 radical (unpaired) electrons. The molecule has 1 N–H and O–H groups in total. The average Bonchev–Trinajstić information content (AvgIpc) is 3.16. The van der Waals surface area contributed by atoms with Crippen molar-refractivity contribution in [3.63, 3.8) is 0 Å². The number of aryl methyl sites for hydroxylation is 3. The fourth-order valence-corrected chi connectivity index (χ4v) is 3.35. The molecule has 0 aliphatic rings. The van der Waals surface area contributed by atoms with E-state index in [1.165, 1.54) is 19.2 Å². The van der Waals surface area contributed by atoms with Gasteiger partial charge in [-0.1, -0.05) is 41.1 Å². The number of imide groups is 2. The third-order valence-electron chi connectivity index (χ3n) is 4.78. The Morgan fingerprint density at radius 2 is 1.68 bits per heavy atom. The lowest BCUT2D eigenvalue weighted by molar-refractivity contribution is 0.0784. The van der Waals surface area contributed by atoms with E-state index in [1.54, 1.807) is 18.2 Å². The molecule has 0 aliphatic heterocycles. The molecular weight excluding hydrogens is 396 g/mol. The van der Waals surface area contributed by atoms with Crippen LogP contribution >= 0.6 is 0 Å². The van der Waals surface area contributed by atoms with Crippen molar-refractivity contribution in [1.29, 1.82) is 5.26 Å². The Bertz CT molecular complexity index is 1200. The molecule has 0 saturated heterocycles. The number of urea groups is 1. The van der Waals surface area contributed by atoms with Crippen LogP contribution in [0.1, 0.15) is 43.2 Å². The van der Waals surface area contributed by atoms with E-state index >= 15 is 0 Å². The van der Waals surface area contributed by atoms with Gasteiger partial charge in [0.2, 0.25) is 5.76 Å². The molecule has 3 aromatic rings. The molecule has 0 unspecified atom stereocenters. The highest BCUT2D eigenvalue weighted by Crippen LogP contribution is 2.31. The quantitative estimate of drug-likeness (QED) is 0.695. The zero-order valence-electron chi connectivity index (χ0n) is 17.5. The van der Waals surface area contributed by atoms with Gasteiger partial charge in [0.25, 0.3) is 5.91 Å². The standard InChI is InChI=1S/C23H20N4O4/c1-13-10-14(2)18(15(3)11-13)19-17(12-24)20(31-26-19)22(29)27(4)23(30)25-21(28)16-8-6-5-7-9-16/h5-11H,1-4H3,(H,25,28,30). The minimum Gasteiger partial charge on any atom is -0.349 e. The number of nitrogens with one attached hydrogen (secondary N) is 1. The molecule has 3 rings (SSSR count). The Labute approximate surface area is 179 Å². The first-order valence-corrected chi connectivity index (χ1v) is 9.41. The molecule has 0 fully saturated rings. The molecule has 0 atom stereocenters. The molecule has 0 spiro atoms. The maximum atomic E-state index is 12.8. The van der Waals surface area contributed by atoms with Crippen molar-refractivity contribution < 1.29 is 18.9 Å². The summed E-state index contributed by atoms with van der Waals surface area (Å²) in [5, 5.41) is 15.7. The monoisotopic (exact) mass is 416 g/mol. The molecular formula is C23H20N4O4. The Kier molecular flexibility index (Phi) is 5.97. The van der Waals surface area contributed by atoms with Gasteiger partial charge in [-0.25, -0.2) is 4.79 Å². The highest BCUT2D eigenvalue weighted by atomic mass is 16.5. The van der Waals surface area contributed by atoms with Crippen molar-refractivity contribution in [2.75, 3.05) is 7.05 Å². The Balaban J connectivity index is 1.88. The molecule has 31 heavy (non-hydrogen) atoms. The van der Waals surface area contributed by atoms with Crippen LogP contribution in [0.15, 0.2) is 47.0 Å². The summed E-state index contributed by atoms with van der Waals surface area (Å²) in [4.78, 5) is 38.1. The van der Waals surface area contributed by atoms with Crippen LogP contribution in [0.3, 0.4) is 0 Å². The fraction of sp³-hybridized carbons (Fsp3) is 0.174. The smallest absolute Gasteiger partial charge is 0.331 e. The second-order valence-electron chi connectivity index (χ2n) is 7.11.